The first-order chi connectivity index (χ1) is 13.0. The van der Waals surface area contributed by atoms with Crippen LogP contribution in [0.5, 0.6) is 5.75 Å². The average Bonchev–Trinajstić information content (AvgIpc) is 2.67. The van der Waals surface area contributed by atoms with E-state index >= 15 is 0 Å². The number of ether oxygens (including phenoxy) is 1. The molecule has 1 aliphatic heterocycles. The van der Waals surface area contributed by atoms with Crippen molar-refractivity contribution in [3.63, 3.8) is 0 Å². The average molecular weight is 364 g/mol. The Labute approximate surface area is 159 Å². The Balaban J connectivity index is 1.81. The highest BCUT2D eigenvalue weighted by Crippen LogP contribution is 2.38. The van der Waals surface area contributed by atoms with Crippen molar-refractivity contribution in [2.45, 2.75) is 26.7 Å². The largest absolute Gasteiger partial charge is 0.495 e. The van der Waals surface area contributed by atoms with Crippen molar-refractivity contribution < 1.29 is 14.3 Å². The summed E-state index contributed by atoms with van der Waals surface area (Å²) in [5.41, 5.74) is 4.88. The Morgan fingerprint density at radius 2 is 1.89 bits per heavy atom. The molecule has 2 aromatic rings. The number of carbonyl (C=O) groups is 2. The molecule has 3 rings (SSSR count). The first kappa shape index (κ1) is 18.7. The lowest BCUT2D eigenvalue weighted by atomic mass is 9.96. The van der Waals surface area contributed by atoms with E-state index in [1.54, 1.807) is 24.2 Å². The van der Waals surface area contributed by atoms with Gasteiger partial charge in [-0.25, -0.2) is 0 Å². The van der Waals surface area contributed by atoms with E-state index in [0.29, 0.717) is 6.54 Å². The molecule has 0 saturated carbocycles. The molecule has 0 atom stereocenters. The fourth-order valence-corrected chi connectivity index (χ4v) is 3.38. The number of fused-ring (bicyclic) bond motifs is 1. The van der Waals surface area contributed by atoms with E-state index in [9.17, 15) is 9.59 Å². The van der Waals surface area contributed by atoms with E-state index in [-0.39, 0.29) is 11.8 Å². The second kappa shape index (κ2) is 8.08. The molecule has 1 heterocycles. The van der Waals surface area contributed by atoms with Gasteiger partial charge in [0.25, 0.3) is 5.91 Å². The summed E-state index contributed by atoms with van der Waals surface area (Å²) in [6.07, 6.45) is 5.27. The Hall–Kier alpha value is -3.08. The Morgan fingerprint density at radius 1 is 1.15 bits per heavy atom. The number of amides is 2. The number of methoxy groups -OCH3 is 1. The molecule has 0 bridgehead atoms. The van der Waals surface area contributed by atoms with Crippen molar-refractivity contribution in [1.29, 1.82) is 0 Å². The number of hydrogen-bond donors (Lipinski definition) is 1. The summed E-state index contributed by atoms with van der Waals surface area (Å²) in [4.78, 5) is 25.7. The SMILES string of the molecule is COc1ccc(C)c2c1N(C(=O)/C=C/c1ccc(NC(C)=O)cc1)CCC2. The minimum absolute atomic E-state index is 0.0641. The van der Waals surface area contributed by atoms with E-state index in [1.807, 2.05) is 36.4 Å². The van der Waals surface area contributed by atoms with Crippen LogP contribution in [0, 0.1) is 6.92 Å². The van der Waals surface area contributed by atoms with Crippen LogP contribution in [0.4, 0.5) is 11.4 Å². The van der Waals surface area contributed by atoms with E-state index < -0.39 is 0 Å². The highest BCUT2D eigenvalue weighted by atomic mass is 16.5. The summed E-state index contributed by atoms with van der Waals surface area (Å²) >= 11 is 0. The van der Waals surface area contributed by atoms with Gasteiger partial charge in [0.05, 0.1) is 12.8 Å². The van der Waals surface area contributed by atoms with Crippen molar-refractivity contribution in [3.05, 3.63) is 59.2 Å². The van der Waals surface area contributed by atoms with E-state index in [2.05, 4.69) is 12.2 Å². The van der Waals surface area contributed by atoms with Crippen molar-refractivity contribution >= 4 is 29.3 Å². The van der Waals surface area contributed by atoms with E-state index in [4.69, 9.17) is 4.74 Å². The topological polar surface area (TPSA) is 58.6 Å². The van der Waals surface area contributed by atoms with E-state index in [0.717, 1.165) is 35.5 Å². The first-order valence-electron chi connectivity index (χ1n) is 9.03. The Bertz CT molecular complexity index is 885. The second-order valence-electron chi connectivity index (χ2n) is 6.64. The third-order valence-electron chi connectivity index (χ3n) is 4.69. The smallest absolute Gasteiger partial charge is 0.251 e. The highest BCUT2D eigenvalue weighted by molar-refractivity contribution is 6.05. The predicted molar refractivity (Wildman–Crippen MR) is 108 cm³/mol. The molecule has 0 radical (unpaired) electrons. The highest BCUT2D eigenvalue weighted by Gasteiger charge is 2.25. The molecule has 1 aliphatic rings. The van der Waals surface area contributed by atoms with Crippen LogP contribution in [0.2, 0.25) is 0 Å². The maximum Gasteiger partial charge on any atom is 0.251 e. The monoisotopic (exact) mass is 364 g/mol. The Kier molecular flexibility index (Phi) is 5.60. The standard InChI is InChI=1S/C22H24N2O3/c1-15-6-12-20(27-3)22-19(15)5-4-14-24(22)21(26)13-9-17-7-10-18(11-8-17)23-16(2)25/h6-13H,4-5,14H2,1-3H3,(H,23,25)/b13-9+. The number of nitrogens with one attached hydrogen (secondary N) is 1. The molecule has 5 nitrogen and oxygen atoms in total. The molecule has 0 aromatic heterocycles. The van der Waals surface area contributed by atoms with Gasteiger partial charge >= 0.3 is 0 Å². The number of anilines is 2. The van der Waals surface area contributed by atoms with Gasteiger partial charge in [-0.15, -0.1) is 0 Å². The zero-order valence-electron chi connectivity index (χ0n) is 15.9. The van der Waals surface area contributed by atoms with Crippen LogP contribution in [-0.4, -0.2) is 25.5 Å². The van der Waals surface area contributed by atoms with Crippen molar-refractivity contribution in [2.75, 3.05) is 23.9 Å². The molecule has 0 aliphatic carbocycles. The number of nitrogens with zero attached hydrogens (tertiary/aromatic N) is 1. The van der Waals surface area contributed by atoms with Crippen molar-refractivity contribution in [3.8, 4) is 5.75 Å². The molecule has 0 spiro atoms. The lowest BCUT2D eigenvalue weighted by Crippen LogP contribution is -2.34. The molecular weight excluding hydrogens is 340 g/mol. The summed E-state index contributed by atoms with van der Waals surface area (Å²) in [6.45, 7) is 4.22. The molecule has 2 aromatic carbocycles. The quantitative estimate of drug-likeness (QED) is 0.836. The van der Waals surface area contributed by atoms with Gasteiger partial charge < -0.3 is 15.0 Å². The lowest BCUT2D eigenvalue weighted by molar-refractivity contribution is -0.115. The van der Waals surface area contributed by atoms with Crippen LogP contribution >= 0.6 is 0 Å². The van der Waals surface area contributed by atoms with Gasteiger partial charge in [0, 0.05) is 25.2 Å². The summed E-state index contributed by atoms with van der Waals surface area (Å²) in [5.74, 6) is 0.559. The van der Waals surface area contributed by atoms with Crippen LogP contribution in [0.1, 0.15) is 30.0 Å². The summed E-state index contributed by atoms with van der Waals surface area (Å²) in [5, 5.41) is 2.73. The second-order valence-corrected chi connectivity index (χ2v) is 6.64. The third kappa shape index (κ3) is 4.19. The van der Waals surface area contributed by atoms with Gasteiger partial charge in [-0.2, -0.15) is 0 Å². The van der Waals surface area contributed by atoms with Gasteiger partial charge in [0.15, 0.2) is 0 Å². The van der Waals surface area contributed by atoms with Gasteiger partial charge in [0.1, 0.15) is 5.75 Å². The molecule has 140 valence electrons. The van der Waals surface area contributed by atoms with Crippen LogP contribution in [0.15, 0.2) is 42.5 Å². The molecule has 1 N–H and O–H groups in total. The fraction of sp³-hybridized carbons (Fsp3) is 0.273. The van der Waals surface area contributed by atoms with Crippen LogP contribution in [0.25, 0.3) is 6.08 Å². The summed E-state index contributed by atoms with van der Waals surface area (Å²) < 4.78 is 5.50. The van der Waals surface area contributed by atoms with Crippen molar-refractivity contribution in [1.82, 2.24) is 0 Å². The van der Waals surface area contributed by atoms with Gasteiger partial charge in [0.2, 0.25) is 5.91 Å². The van der Waals surface area contributed by atoms with E-state index in [1.165, 1.54) is 18.1 Å². The normalized spacial score (nSPS) is 13.4. The maximum absolute atomic E-state index is 12.9. The molecule has 27 heavy (non-hydrogen) atoms. The van der Waals surface area contributed by atoms with Crippen LogP contribution in [-0.2, 0) is 16.0 Å². The summed E-state index contributed by atoms with van der Waals surface area (Å²) in [7, 11) is 1.63. The predicted octanol–water partition coefficient (Wildman–Crippen LogP) is 3.95. The molecule has 0 fully saturated rings. The van der Waals surface area contributed by atoms with Gasteiger partial charge in [-0.3, -0.25) is 9.59 Å². The maximum atomic E-state index is 12.9. The van der Waals surface area contributed by atoms with Gasteiger partial charge in [-0.05, 0) is 60.7 Å². The van der Waals surface area contributed by atoms with Crippen LogP contribution in [0.3, 0.4) is 0 Å². The molecule has 0 unspecified atom stereocenters. The number of benzene rings is 2. The fourth-order valence-electron chi connectivity index (χ4n) is 3.38. The third-order valence-corrected chi connectivity index (χ3v) is 4.69. The number of rotatable bonds is 4. The molecule has 0 saturated heterocycles. The van der Waals surface area contributed by atoms with Gasteiger partial charge in [-0.1, -0.05) is 18.2 Å². The zero-order chi connectivity index (χ0) is 19.4. The number of aryl methyl sites for hydroxylation is 1. The minimum Gasteiger partial charge on any atom is -0.495 e. The molecule has 5 heteroatoms. The molecule has 2 amide bonds. The summed E-state index contributed by atoms with van der Waals surface area (Å²) in [6, 6.07) is 11.3. The molecular formula is C22H24N2O3. The first-order valence-corrected chi connectivity index (χ1v) is 9.03. The lowest BCUT2D eigenvalue weighted by Gasteiger charge is -2.31. The zero-order valence-corrected chi connectivity index (χ0v) is 15.9. The number of hydrogen-bond acceptors (Lipinski definition) is 3. The minimum atomic E-state index is -0.110. The number of carbonyl (C=O) groups excluding carboxylic acids is 2. The van der Waals surface area contributed by atoms with Crippen molar-refractivity contribution in [2.24, 2.45) is 0 Å². The van der Waals surface area contributed by atoms with Crippen LogP contribution < -0.4 is 15.0 Å². The Morgan fingerprint density at radius 3 is 2.56 bits per heavy atom.